The second kappa shape index (κ2) is 3.73. The molecule has 1 aliphatic carbocycles. The first-order chi connectivity index (χ1) is 8.24. The molecule has 1 saturated carbocycles. The SMILES string of the molecule is O=C(NC1CC1)c1cc2ccccc2[nH]c1=O. The minimum Gasteiger partial charge on any atom is -0.349 e. The normalized spacial score (nSPS) is 14.8. The van der Waals surface area contributed by atoms with Crippen LogP contribution in [-0.4, -0.2) is 16.9 Å². The van der Waals surface area contributed by atoms with Gasteiger partial charge in [0.1, 0.15) is 5.56 Å². The molecule has 0 radical (unpaired) electrons. The summed E-state index contributed by atoms with van der Waals surface area (Å²) in [4.78, 5) is 26.3. The fourth-order valence-corrected chi connectivity index (χ4v) is 1.81. The summed E-state index contributed by atoms with van der Waals surface area (Å²) < 4.78 is 0. The number of amides is 1. The highest BCUT2D eigenvalue weighted by molar-refractivity contribution is 5.97. The van der Waals surface area contributed by atoms with Gasteiger partial charge in [0, 0.05) is 11.6 Å². The van der Waals surface area contributed by atoms with E-state index in [1.807, 2.05) is 24.3 Å². The fraction of sp³-hybridized carbons (Fsp3) is 0.231. The first-order valence-electron chi connectivity index (χ1n) is 5.67. The first-order valence-corrected chi connectivity index (χ1v) is 5.67. The lowest BCUT2D eigenvalue weighted by molar-refractivity contribution is 0.0950. The van der Waals surface area contributed by atoms with E-state index in [1.165, 1.54) is 0 Å². The number of hydrogen-bond acceptors (Lipinski definition) is 2. The van der Waals surface area contributed by atoms with Crippen molar-refractivity contribution in [2.45, 2.75) is 18.9 Å². The van der Waals surface area contributed by atoms with E-state index in [9.17, 15) is 9.59 Å². The maximum Gasteiger partial charge on any atom is 0.261 e. The molecule has 2 aromatic rings. The van der Waals surface area contributed by atoms with Crippen LogP contribution in [0.4, 0.5) is 0 Å². The average molecular weight is 228 g/mol. The molecule has 4 nitrogen and oxygen atoms in total. The molecule has 0 unspecified atom stereocenters. The van der Waals surface area contributed by atoms with E-state index in [0.717, 1.165) is 23.7 Å². The number of rotatable bonds is 2. The molecule has 3 rings (SSSR count). The van der Waals surface area contributed by atoms with Gasteiger partial charge in [-0.25, -0.2) is 0 Å². The van der Waals surface area contributed by atoms with Crippen LogP contribution in [0.3, 0.4) is 0 Å². The van der Waals surface area contributed by atoms with E-state index in [1.54, 1.807) is 6.07 Å². The summed E-state index contributed by atoms with van der Waals surface area (Å²) in [5.74, 6) is -0.278. The number of nitrogens with one attached hydrogen (secondary N) is 2. The summed E-state index contributed by atoms with van der Waals surface area (Å²) in [5.41, 5.74) is 0.609. The van der Waals surface area contributed by atoms with Crippen molar-refractivity contribution in [3.63, 3.8) is 0 Å². The van der Waals surface area contributed by atoms with Gasteiger partial charge in [-0.15, -0.1) is 0 Å². The number of pyridine rings is 1. The molecular formula is C13H12N2O2. The number of hydrogen-bond donors (Lipinski definition) is 2. The van der Waals surface area contributed by atoms with Crippen LogP contribution in [0.1, 0.15) is 23.2 Å². The molecule has 1 aliphatic rings. The molecule has 0 saturated heterocycles. The van der Waals surface area contributed by atoms with Gasteiger partial charge in [0.2, 0.25) is 0 Å². The maximum absolute atomic E-state index is 11.8. The quantitative estimate of drug-likeness (QED) is 0.816. The van der Waals surface area contributed by atoms with Crippen LogP contribution in [0, 0.1) is 0 Å². The Kier molecular flexibility index (Phi) is 2.21. The van der Waals surface area contributed by atoms with Crippen molar-refractivity contribution in [1.82, 2.24) is 10.3 Å². The summed E-state index contributed by atoms with van der Waals surface area (Å²) in [7, 11) is 0. The number of benzene rings is 1. The van der Waals surface area contributed by atoms with Crippen molar-refractivity contribution < 1.29 is 4.79 Å². The molecule has 0 bridgehead atoms. The molecule has 4 heteroatoms. The van der Waals surface area contributed by atoms with Crippen molar-refractivity contribution in [2.75, 3.05) is 0 Å². The highest BCUT2D eigenvalue weighted by Gasteiger charge is 2.24. The number of carbonyl (C=O) groups excluding carboxylic acids is 1. The van der Waals surface area contributed by atoms with Crippen LogP contribution in [-0.2, 0) is 0 Å². The van der Waals surface area contributed by atoms with E-state index < -0.39 is 0 Å². The van der Waals surface area contributed by atoms with E-state index in [-0.39, 0.29) is 23.1 Å². The zero-order valence-electron chi connectivity index (χ0n) is 9.19. The standard InChI is InChI=1S/C13H12N2O2/c16-12(14-9-5-6-9)10-7-8-3-1-2-4-11(8)15-13(10)17/h1-4,7,9H,5-6H2,(H,14,16)(H,15,17). The molecule has 86 valence electrons. The molecule has 1 amide bonds. The van der Waals surface area contributed by atoms with E-state index in [4.69, 9.17) is 0 Å². The number of para-hydroxylation sites is 1. The van der Waals surface area contributed by atoms with Crippen LogP contribution in [0.15, 0.2) is 35.1 Å². The topological polar surface area (TPSA) is 62.0 Å². The maximum atomic E-state index is 11.8. The Morgan fingerprint density at radius 1 is 1.29 bits per heavy atom. The Labute approximate surface area is 97.7 Å². The van der Waals surface area contributed by atoms with E-state index >= 15 is 0 Å². The Balaban J connectivity index is 2.05. The van der Waals surface area contributed by atoms with Crippen LogP contribution < -0.4 is 10.9 Å². The minimum atomic E-state index is -0.332. The summed E-state index contributed by atoms with van der Waals surface area (Å²) in [5, 5.41) is 3.69. The minimum absolute atomic E-state index is 0.190. The lowest BCUT2D eigenvalue weighted by Crippen LogP contribution is -2.30. The Hall–Kier alpha value is -2.10. The highest BCUT2D eigenvalue weighted by Crippen LogP contribution is 2.19. The lowest BCUT2D eigenvalue weighted by Gasteiger charge is -2.04. The summed E-state index contributed by atoms with van der Waals surface area (Å²) in [6.07, 6.45) is 2.02. The van der Waals surface area contributed by atoms with E-state index in [0.29, 0.717) is 0 Å². The Morgan fingerprint density at radius 3 is 2.82 bits per heavy atom. The van der Waals surface area contributed by atoms with Crippen molar-refractivity contribution in [1.29, 1.82) is 0 Å². The largest absolute Gasteiger partial charge is 0.349 e. The molecule has 1 aromatic carbocycles. The highest BCUT2D eigenvalue weighted by atomic mass is 16.2. The van der Waals surface area contributed by atoms with Gasteiger partial charge in [0.05, 0.1) is 0 Å². The Morgan fingerprint density at radius 2 is 2.06 bits per heavy atom. The zero-order valence-corrected chi connectivity index (χ0v) is 9.19. The third kappa shape index (κ3) is 1.93. The number of carbonyl (C=O) groups is 1. The monoisotopic (exact) mass is 228 g/mol. The number of H-pyrrole nitrogens is 1. The third-order valence-electron chi connectivity index (χ3n) is 2.91. The van der Waals surface area contributed by atoms with Gasteiger partial charge in [0.25, 0.3) is 11.5 Å². The van der Waals surface area contributed by atoms with Crippen molar-refractivity contribution in [2.24, 2.45) is 0 Å². The molecule has 17 heavy (non-hydrogen) atoms. The van der Waals surface area contributed by atoms with Crippen LogP contribution >= 0.6 is 0 Å². The molecule has 0 aliphatic heterocycles. The van der Waals surface area contributed by atoms with Crippen LogP contribution in [0.25, 0.3) is 10.9 Å². The van der Waals surface area contributed by atoms with Crippen LogP contribution in [0.2, 0.25) is 0 Å². The van der Waals surface area contributed by atoms with Gasteiger partial charge in [-0.2, -0.15) is 0 Å². The van der Waals surface area contributed by atoms with Gasteiger partial charge in [-0.1, -0.05) is 18.2 Å². The molecule has 0 atom stereocenters. The fourth-order valence-electron chi connectivity index (χ4n) is 1.81. The lowest BCUT2D eigenvalue weighted by atomic mass is 10.1. The number of fused-ring (bicyclic) bond motifs is 1. The third-order valence-corrected chi connectivity index (χ3v) is 2.91. The van der Waals surface area contributed by atoms with Gasteiger partial charge in [-0.3, -0.25) is 9.59 Å². The molecule has 1 fully saturated rings. The van der Waals surface area contributed by atoms with Gasteiger partial charge in [0.15, 0.2) is 0 Å². The summed E-state index contributed by atoms with van der Waals surface area (Å²) >= 11 is 0. The van der Waals surface area contributed by atoms with Crippen molar-refractivity contribution in [3.8, 4) is 0 Å². The zero-order chi connectivity index (χ0) is 11.8. The smallest absolute Gasteiger partial charge is 0.261 e. The first kappa shape index (κ1) is 10.1. The van der Waals surface area contributed by atoms with E-state index in [2.05, 4.69) is 10.3 Å². The number of aromatic amines is 1. The predicted molar refractivity (Wildman–Crippen MR) is 65.1 cm³/mol. The number of aromatic nitrogens is 1. The molecule has 2 N–H and O–H groups in total. The predicted octanol–water partition coefficient (Wildman–Crippen LogP) is 1.42. The summed E-state index contributed by atoms with van der Waals surface area (Å²) in [6, 6.07) is 9.32. The second-order valence-corrected chi connectivity index (χ2v) is 4.35. The van der Waals surface area contributed by atoms with Crippen LogP contribution in [0.5, 0.6) is 0 Å². The van der Waals surface area contributed by atoms with Gasteiger partial charge < -0.3 is 10.3 Å². The van der Waals surface area contributed by atoms with Crippen molar-refractivity contribution in [3.05, 3.63) is 46.2 Å². The van der Waals surface area contributed by atoms with Gasteiger partial charge >= 0.3 is 0 Å². The molecule has 1 heterocycles. The summed E-state index contributed by atoms with van der Waals surface area (Å²) in [6.45, 7) is 0. The average Bonchev–Trinajstić information content (AvgIpc) is 3.12. The van der Waals surface area contributed by atoms with Crippen molar-refractivity contribution >= 4 is 16.8 Å². The second-order valence-electron chi connectivity index (χ2n) is 4.35. The Bertz CT molecular complexity index is 641. The molecule has 0 spiro atoms. The molecular weight excluding hydrogens is 216 g/mol. The molecule has 1 aromatic heterocycles. The van der Waals surface area contributed by atoms with Gasteiger partial charge in [-0.05, 0) is 30.4 Å².